The number of benzene rings is 3. The molecule has 0 saturated heterocycles. The van der Waals surface area contributed by atoms with Gasteiger partial charge in [-0.15, -0.1) is 0 Å². The first-order valence-electron chi connectivity index (χ1n) is 13.2. The monoisotopic (exact) mass is 532 g/mol. The molecule has 2 aliphatic rings. The van der Waals surface area contributed by atoms with E-state index in [0.29, 0.717) is 11.1 Å². The van der Waals surface area contributed by atoms with Gasteiger partial charge >= 0.3 is 5.97 Å². The molecule has 0 radical (unpaired) electrons. The van der Waals surface area contributed by atoms with E-state index in [2.05, 4.69) is 58.7 Å². The molecule has 2 aliphatic heterocycles. The molecule has 0 bridgehead atoms. The van der Waals surface area contributed by atoms with Crippen LogP contribution in [-0.2, 0) is 10.3 Å². The Labute approximate surface area is 229 Å². The van der Waals surface area contributed by atoms with E-state index in [4.69, 9.17) is 4.74 Å². The van der Waals surface area contributed by atoms with Gasteiger partial charge in [0.25, 0.3) is 0 Å². The summed E-state index contributed by atoms with van der Waals surface area (Å²) >= 11 is 0. The van der Waals surface area contributed by atoms with Gasteiger partial charge in [-0.1, -0.05) is 45.9 Å². The van der Waals surface area contributed by atoms with Crippen molar-refractivity contribution in [2.75, 3.05) is 50.5 Å². The number of ether oxygens (including phenoxy) is 1. The van der Waals surface area contributed by atoms with Crippen molar-refractivity contribution in [2.24, 2.45) is 5.92 Å². The highest BCUT2D eigenvalue weighted by Gasteiger charge is 2.55. The van der Waals surface area contributed by atoms with Crippen LogP contribution in [0.3, 0.4) is 0 Å². The maximum absolute atomic E-state index is 13.4. The van der Waals surface area contributed by atoms with Gasteiger partial charge in [-0.3, -0.25) is 4.79 Å². The summed E-state index contributed by atoms with van der Waals surface area (Å²) in [4.78, 5) is 33.0. The van der Waals surface area contributed by atoms with E-state index in [-0.39, 0.29) is 17.7 Å². The molecular weight excluding hydrogens is 492 g/mol. The van der Waals surface area contributed by atoms with Gasteiger partial charge in [-0.2, -0.15) is 10.0 Å². The lowest BCUT2D eigenvalue weighted by molar-refractivity contribution is 0.0232. The molecule has 202 valence electrons. The Bertz CT molecular complexity index is 1360. The van der Waals surface area contributed by atoms with Gasteiger partial charge < -0.3 is 14.5 Å². The van der Waals surface area contributed by atoms with Crippen molar-refractivity contribution >= 4 is 33.2 Å². The first-order valence-corrected chi connectivity index (χ1v) is 15.6. The third kappa shape index (κ3) is 4.01. The number of esters is 1. The molecule has 3 aromatic rings. The van der Waals surface area contributed by atoms with Gasteiger partial charge in [-0.25, -0.2) is 4.79 Å². The van der Waals surface area contributed by atoms with Crippen molar-refractivity contribution in [3.8, 4) is 0 Å². The maximum Gasteiger partial charge on any atom is 0.340 e. The molecule has 38 heavy (non-hydrogen) atoms. The quantitative estimate of drug-likeness (QED) is 0.269. The van der Waals surface area contributed by atoms with Crippen LogP contribution >= 0.6 is 10.0 Å². The van der Waals surface area contributed by atoms with Gasteiger partial charge in [0.05, 0.1) is 5.56 Å². The fourth-order valence-electron chi connectivity index (χ4n) is 5.42. The SMILES string of the molecule is CC.CC(C)C(=O)c1ccc2c(c1)C1(OC2=O)c2ccc(N(C)C)cc2S(C)(C)c2cc(N(C)C)ccc21. The lowest BCUT2D eigenvalue weighted by Gasteiger charge is -2.47. The lowest BCUT2D eigenvalue weighted by atomic mass is 9.78. The summed E-state index contributed by atoms with van der Waals surface area (Å²) in [6, 6.07) is 18.3. The van der Waals surface area contributed by atoms with E-state index in [9.17, 15) is 9.59 Å². The van der Waals surface area contributed by atoms with Crippen molar-refractivity contribution in [3.05, 3.63) is 82.4 Å². The second-order valence-electron chi connectivity index (χ2n) is 10.8. The Morgan fingerprint density at radius 3 is 1.74 bits per heavy atom. The number of fused-ring (bicyclic) bond motifs is 6. The molecule has 0 N–H and O–H groups in total. The Kier molecular flexibility index (Phi) is 7.17. The number of Topliss-reactive ketones (excluding diaryl/α,β-unsaturated/α-hetero) is 1. The minimum absolute atomic E-state index is 0.0559. The molecule has 3 aromatic carbocycles. The fourth-order valence-corrected chi connectivity index (χ4v) is 8.01. The van der Waals surface area contributed by atoms with Crippen LogP contribution in [0.2, 0.25) is 0 Å². The van der Waals surface area contributed by atoms with Crippen LogP contribution in [-0.4, -0.2) is 52.5 Å². The summed E-state index contributed by atoms with van der Waals surface area (Å²) in [5.41, 5.74) is 4.97. The summed E-state index contributed by atoms with van der Waals surface area (Å²) in [5, 5.41) is 0. The van der Waals surface area contributed by atoms with E-state index in [1.807, 2.05) is 62.0 Å². The Hall–Kier alpha value is -3.25. The minimum atomic E-state index is -1.45. The molecule has 0 atom stereocenters. The topological polar surface area (TPSA) is 49.9 Å². The Morgan fingerprint density at radius 2 is 1.29 bits per heavy atom. The van der Waals surface area contributed by atoms with Gasteiger partial charge in [0.2, 0.25) is 0 Å². The number of nitrogens with zero attached hydrogens (tertiary/aromatic N) is 2. The van der Waals surface area contributed by atoms with Gasteiger partial charge in [-0.05, 0) is 48.9 Å². The standard InChI is InChI=1S/C30H34N2O3S.C2H6/c1-18(2)28(33)19-9-12-22-25(15-19)30(35-29(22)34)23-13-10-20(31(3)4)16-26(23)36(7,8)27-17-21(32(5)6)11-14-24(27)30;1-2/h9-18H,1-8H3;1-2H3. The molecule has 0 aromatic heterocycles. The maximum atomic E-state index is 13.4. The van der Waals surface area contributed by atoms with Crippen molar-refractivity contribution < 1.29 is 14.3 Å². The molecular formula is C32H40N2O3S. The van der Waals surface area contributed by atoms with Crippen molar-refractivity contribution in [2.45, 2.75) is 43.1 Å². The molecule has 2 heterocycles. The number of ketones is 1. The predicted octanol–water partition coefficient (Wildman–Crippen LogP) is 6.94. The summed E-state index contributed by atoms with van der Waals surface area (Å²) in [6.45, 7) is 7.80. The Morgan fingerprint density at radius 1 is 0.789 bits per heavy atom. The average Bonchev–Trinajstić information content (AvgIpc) is 3.19. The van der Waals surface area contributed by atoms with Crippen LogP contribution in [0.1, 0.15) is 65.1 Å². The highest BCUT2D eigenvalue weighted by Crippen LogP contribution is 2.69. The molecule has 1 spiro atoms. The summed E-state index contributed by atoms with van der Waals surface area (Å²) in [7, 11) is 6.70. The molecule has 0 fully saturated rings. The number of rotatable bonds is 4. The number of carbonyl (C=O) groups excluding carboxylic acids is 2. The normalized spacial score (nSPS) is 16.4. The molecule has 0 unspecified atom stereocenters. The minimum Gasteiger partial charge on any atom is -0.440 e. The zero-order chi connectivity index (χ0) is 28.2. The first kappa shape index (κ1) is 27.8. The van der Waals surface area contributed by atoms with E-state index in [1.165, 1.54) is 9.79 Å². The fraction of sp³-hybridized carbons (Fsp3) is 0.375. The van der Waals surface area contributed by atoms with E-state index < -0.39 is 15.6 Å². The largest absolute Gasteiger partial charge is 0.440 e. The van der Waals surface area contributed by atoms with Crippen LogP contribution in [0.5, 0.6) is 0 Å². The third-order valence-corrected chi connectivity index (χ3v) is 10.4. The van der Waals surface area contributed by atoms with Gasteiger partial charge in [0, 0.05) is 77.5 Å². The van der Waals surface area contributed by atoms with Crippen LogP contribution in [0.4, 0.5) is 11.4 Å². The lowest BCUT2D eigenvalue weighted by Crippen LogP contribution is -2.36. The Balaban J connectivity index is 0.00000164. The smallest absolute Gasteiger partial charge is 0.340 e. The molecule has 6 heteroatoms. The number of hydrogen-bond donors (Lipinski definition) is 0. The number of hydrogen-bond acceptors (Lipinski definition) is 5. The zero-order valence-electron chi connectivity index (χ0n) is 24.3. The second kappa shape index (κ2) is 9.81. The number of carbonyl (C=O) groups is 2. The van der Waals surface area contributed by atoms with Gasteiger partial charge in [0.15, 0.2) is 11.4 Å². The van der Waals surface area contributed by atoms with Gasteiger partial charge in [0.1, 0.15) is 0 Å². The average molecular weight is 533 g/mol. The van der Waals surface area contributed by atoms with Crippen LogP contribution in [0.25, 0.3) is 0 Å². The summed E-state index contributed by atoms with van der Waals surface area (Å²) in [5.74, 6) is -0.439. The molecule has 0 saturated carbocycles. The van der Waals surface area contributed by atoms with Crippen molar-refractivity contribution in [1.29, 1.82) is 0 Å². The van der Waals surface area contributed by atoms with Crippen LogP contribution in [0.15, 0.2) is 64.4 Å². The van der Waals surface area contributed by atoms with Crippen LogP contribution in [0, 0.1) is 5.92 Å². The molecule has 0 aliphatic carbocycles. The highest BCUT2D eigenvalue weighted by molar-refractivity contribution is 8.32. The second-order valence-corrected chi connectivity index (χ2v) is 14.4. The van der Waals surface area contributed by atoms with E-state index >= 15 is 0 Å². The molecule has 5 nitrogen and oxygen atoms in total. The number of anilines is 2. The van der Waals surface area contributed by atoms with Crippen molar-refractivity contribution in [1.82, 2.24) is 0 Å². The van der Waals surface area contributed by atoms with Crippen molar-refractivity contribution in [3.63, 3.8) is 0 Å². The highest BCUT2D eigenvalue weighted by atomic mass is 32.3. The van der Waals surface area contributed by atoms with E-state index in [1.54, 1.807) is 12.1 Å². The summed E-state index contributed by atoms with van der Waals surface area (Å²) in [6.07, 6.45) is 4.62. The van der Waals surface area contributed by atoms with Crippen LogP contribution < -0.4 is 9.80 Å². The summed E-state index contributed by atoms with van der Waals surface area (Å²) < 4.78 is 6.44. The third-order valence-electron chi connectivity index (χ3n) is 7.49. The molecule has 0 amide bonds. The predicted molar refractivity (Wildman–Crippen MR) is 160 cm³/mol. The zero-order valence-corrected chi connectivity index (χ0v) is 25.1. The van der Waals surface area contributed by atoms with E-state index in [0.717, 1.165) is 28.1 Å². The molecule has 5 rings (SSSR count). The first-order chi connectivity index (χ1) is 17.9.